The molecule has 0 saturated heterocycles. The normalized spacial score (nSPS) is 11.3. The first-order chi connectivity index (χ1) is 15.8. The van der Waals surface area contributed by atoms with Crippen LogP contribution in [0, 0.1) is 0 Å². The fourth-order valence-electron chi connectivity index (χ4n) is 3.21. The van der Waals surface area contributed by atoms with Crippen molar-refractivity contribution in [2.75, 3.05) is 19.0 Å². The zero-order chi connectivity index (χ0) is 23.5. The molecule has 4 aromatic rings. The number of aromatic amines is 1. The van der Waals surface area contributed by atoms with E-state index in [0.29, 0.717) is 28.8 Å². The van der Waals surface area contributed by atoms with Crippen molar-refractivity contribution in [2.45, 2.75) is 6.61 Å². The number of anilines is 1. The van der Waals surface area contributed by atoms with Gasteiger partial charge in [0.15, 0.2) is 0 Å². The van der Waals surface area contributed by atoms with E-state index in [4.69, 9.17) is 4.74 Å². The minimum atomic E-state index is -0.610. The van der Waals surface area contributed by atoms with E-state index in [9.17, 15) is 9.59 Å². The predicted molar refractivity (Wildman–Crippen MR) is 139 cm³/mol. The summed E-state index contributed by atoms with van der Waals surface area (Å²) in [6.07, 6.45) is 1.46. The first-order valence-electron chi connectivity index (χ1n) is 10.00. The summed E-state index contributed by atoms with van der Waals surface area (Å²) >= 11 is 7.00. The Morgan fingerprint density at radius 2 is 1.85 bits per heavy atom. The maximum Gasteiger partial charge on any atom is 0.349 e. The van der Waals surface area contributed by atoms with E-state index in [1.807, 2.05) is 55.4 Å². The third kappa shape index (κ3) is 5.09. The second-order valence-electron chi connectivity index (χ2n) is 7.48. The fraction of sp³-hybridized carbons (Fsp3) is 0.125. The van der Waals surface area contributed by atoms with Gasteiger partial charge in [0.05, 0.1) is 17.1 Å². The summed E-state index contributed by atoms with van der Waals surface area (Å²) in [4.78, 5) is 29.8. The molecular weight excluding hydrogens is 552 g/mol. The van der Waals surface area contributed by atoms with Crippen LogP contribution in [0.4, 0.5) is 5.69 Å². The second kappa shape index (κ2) is 9.76. The Morgan fingerprint density at radius 1 is 1.06 bits per heavy atom. The van der Waals surface area contributed by atoms with Crippen LogP contribution in [0.25, 0.3) is 10.9 Å². The van der Waals surface area contributed by atoms with Gasteiger partial charge in [0.2, 0.25) is 0 Å². The molecule has 0 unspecified atom stereocenters. The van der Waals surface area contributed by atoms with Crippen LogP contribution in [-0.2, 0) is 6.61 Å². The van der Waals surface area contributed by atoms with Crippen molar-refractivity contribution in [3.8, 4) is 5.75 Å². The van der Waals surface area contributed by atoms with E-state index in [-0.39, 0.29) is 0 Å². The zero-order valence-electron chi connectivity index (χ0n) is 17.9. The molecule has 0 amide bonds. The second-order valence-corrected chi connectivity index (χ2v) is 9.25. The van der Waals surface area contributed by atoms with Crippen molar-refractivity contribution in [3.63, 3.8) is 0 Å². The minimum absolute atomic E-state index is 0.322. The van der Waals surface area contributed by atoms with Crippen LogP contribution in [0.15, 0.2) is 84.3 Å². The van der Waals surface area contributed by atoms with Gasteiger partial charge in [-0.05, 0) is 36.4 Å². The average molecular weight is 572 g/mol. The van der Waals surface area contributed by atoms with Gasteiger partial charge in [0, 0.05) is 45.9 Å². The van der Waals surface area contributed by atoms with Gasteiger partial charge in [0.1, 0.15) is 12.4 Å². The van der Waals surface area contributed by atoms with Crippen LogP contribution in [0.2, 0.25) is 0 Å². The lowest BCUT2D eigenvalue weighted by molar-refractivity contribution is 0.305. The van der Waals surface area contributed by atoms with Crippen LogP contribution < -0.4 is 20.9 Å². The highest BCUT2D eigenvalue weighted by atomic mass is 79.9. The van der Waals surface area contributed by atoms with E-state index in [1.54, 1.807) is 24.3 Å². The average Bonchev–Trinajstić information content (AvgIpc) is 2.78. The Morgan fingerprint density at radius 3 is 2.61 bits per heavy atom. The first kappa shape index (κ1) is 23.0. The first-order valence-corrected chi connectivity index (χ1v) is 11.6. The van der Waals surface area contributed by atoms with E-state index >= 15 is 0 Å². The minimum Gasteiger partial charge on any atom is -0.488 e. The Kier molecular flexibility index (Phi) is 6.80. The van der Waals surface area contributed by atoms with Crippen molar-refractivity contribution in [2.24, 2.45) is 5.10 Å². The number of halogens is 2. The van der Waals surface area contributed by atoms with Gasteiger partial charge >= 0.3 is 5.69 Å². The molecule has 7 nitrogen and oxygen atoms in total. The lowest BCUT2D eigenvalue weighted by Crippen LogP contribution is -2.32. The lowest BCUT2D eigenvalue weighted by Gasteiger charge is -2.16. The summed E-state index contributed by atoms with van der Waals surface area (Å²) in [6, 6.07) is 18.3. The van der Waals surface area contributed by atoms with Crippen molar-refractivity contribution in [1.29, 1.82) is 0 Å². The van der Waals surface area contributed by atoms with Crippen LogP contribution in [-0.4, -0.2) is 30.0 Å². The van der Waals surface area contributed by atoms with Crippen molar-refractivity contribution < 1.29 is 4.74 Å². The molecule has 33 heavy (non-hydrogen) atoms. The topological polar surface area (TPSA) is 79.7 Å². The summed E-state index contributed by atoms with van der Waals surface area (Å²) in [7, 11) is 3.87. The molecule has 0 aliphatic carbocycles. The summed E-state index contributed by atoms with van der Waals surface area (Å²) in [5.41, 5.74) is 1.92. The smallest absolute Gasteiger partial charge is 0.349 e. The fourth-order valence-corrected chi connectivity index (χ4v) is 4.37. The van der Waals surface area contributed by atoms with Gasteiger partial charge < -0.3 is 14.6 Å². The summed E-state index contributed by atoms with van der Waals surface area (Å²) < 4.78 is 8.82. The number of fused-ring (bicyclic) bond motifs is 1. The zero-order valence-corrected chi connectivity index (χ0v) is 21.1. The van der Waals surface area contributed by atoms with Crippen LogP contribution in [0.3, 0.4) is 0 Å². The summed E-state index contributed by atoms with van der Waals surface area (Å²) in [5.74, 6) is 0.574. The van der Waals surface area contributed by atoms with Crippen LogP contribution in [0.5, 0.6) is 5.75 Å². The Hall–Kier alpha value is -3.17. The van der Waals surface area contributed by atoms with Gasteiger partial charge in [-0.3, -0.25) is 4.79 Å². The highest BCUT2D eigenvalue weighted by Gasteiger charge is 2.10. The third-order valence-corrected chi connectivity index (χ3v) is 6.24. The molecule has 9 heteroatoms. The predicted octanol–water partition coefficient (Wildman–Crippen LogP) is 4.74. The van der Waals surface area contributed by atoms with Crippen molar-refractivity contribution in [1.82, 2.24) is 9.66 Å². The Labute approximate surface area is 206 Å². The van der Waals surface area contributed by atoms with Gasteiger partial charge in [0.25, 0.3) is 5.56 Å². The molecule has 0 atom stereocenters. The molecular formula is C24H20Br2N4O3. The van der Waals surface area contributed by atoms with E-state index in [1.165, 1.54) is 6.21 Å². The molecule has 0 spiro atoms. The van der Waals surface area contributed by atoms with Crippen LogP contribution >= 0.6 is 31.9 Å². The molecule has 1 heterocycles. The highest BCUT2D eigenvalue weighted by Crippen LogP contribution is 2.27. The van der Waals surface area contributed by atoms with Crippen molar-refractivity contribution in [3.05, 3.63) is 102 Å². The third-order valence-electron chi connectivity index (χ3n) is 5.01. The van der Waals surface area contributed by atoms with Crippen molar-refractivity contribution >= 4 is 54.7 Å². The molecule has 1 N–H and O–H groups in total. The van der Waals surface area contributed by atoms with Gasteiger partial charge in [-0.25, -0.2) is 4.79 Å². The van der Waals surface area contributed by atoms with Gasteiger partial charge in [-0.2, -0.15) is 5.10 Å². The number of ether oxygens (including phenoxy) is 1. The number of rotatable bonds is 6. The standard InChI is InChI=1S/C24H20Br2N4O3/c1-29(2)18-10-8-15(22(12-18)33-14-16-7-9-17(25)11-20(16)26)13-27-30-23(31)19-5-3-4-6-21(19)28-24(30)32/h3-13H,14H2,1-2H3,(H,28,32). The molecule has 0 fully saturated rings. The van der Waals surface area contributed by atoms with E-state index < -0.39 is 11.2 Å². The lowest BCUT2D eigenvalue weighted by atomic mass is 10.2. The Balaban J connectivity index is 1.70. The number of aromatic nitrogens is 2. The molecule has 3 aromatic carbocycles. The summed E-state index contributed by atoms with van der Waals surface area (Å²) in [6.45, 7) is 0.322. The quantitative estimate of drug-likeness (QED) is 0.339. The maximum atomic E-state index is 12.8. The summed E-state index contributed by atoms with van der Waals surface area (Å²) in [5, 5.41) is 4.55. The maximum absolute atomic E-state index is 12.8. The molecule has 4 rings (SSSR count). The molecule has 1 aromatic heterocycles. The number of H-pyrrole nitrogens is 1. The monoisotopic (exact) mass is 570 g/mol. The van der Waals surface area contributed by atoms with Gasteiger partial charge in [-0.15, -0.1) is 4.68 Å². The van der Waals surface area contributed by atoms with Crippen LogP contribution in [0.1, 0.15) is 11.1 Å². The Bertz CT molecular complexity index is 1480. The number of benzene rings is 3. The molecule has 0 aliphatic rings. The number of hydrogen-bond donors (Lipinski definition) is 1. The molecule has 0 saturated carbocycles. The molecule has 0 aliphatic heterocycles. The number of nitrogens with one attached hydrogen (secondary N) is 1. The number of hydrogen-bond acceptors (Lipinski definition) is 5. The molecule has 0 bridgehead atoms. The SMILES string of the molecule is CN(C)c1ccc(C=Nn2c(=O)[nH]c3ccccc3c2=O)c(OCc2ccc(Br)cc2Br)c1. The van der Waals surface area contributed by atoms with E-state index in [0.717, 1.165) is 24.9 Å². The molecule has 168 valence electrons. The molecule has 0 radical (unpaired) electrons. The highest BCUT2D eigenvalue weighted by molar-refractivity contribution is 9.11. The van der Waals surface area contributed by atoms with E-state index in [2.05, 4.69) is 41.9 Å². The largest absolute Gasteiger partial charge is 0.488 e. The van der Waals surface area contributed by atoms with Gasteiger partial charge in [-0.1, -0.05) is 50.1 Å². The number of nitrogens with zero attached hydrogens (tertiary/aromatic N) is 3. The number of para-hydroxylation sites is 1.